The Bertz CT molecular complexity index is 768. The molecule has 5 heteroatoms. The van der Waals surface area contributed by atoms with E-state index >= 15 is 0 Å². The number of hydrogen-bond donors (Lipinski definition) is 1. The van der Waals surface area contributed by atoms with Crippen LogP contribution in [0, 0.1) is 0 Å². The van der Waals surface area contributed by atoms with Crippen LogP contribution in [-0.4, -0.2) is 26.7 Å². The molecule has 2 rings (SSSR count). The average Bonchev–Trinajstić information content (AvgIpc) is 2.71. The fourth-order valence-corrected chi connectivity index (χ4v) is 2.71. The number of carbonyl (C=O) groups excluding carboxylic acids is 1. The molecular weight excluding hydrogens is 342 g/mol. The first-order chi connectivity index (χ1) is 13.1. The molecule has 0 aromatic heterocycles. The maximum atomic E-state index is 12.3. The summed E-state index contributed by atoms with van der Waals surface area (Å²) < 4.78 is 16.0. The van der Waals surface area contributed by atoms with Crippen LogP contribution in [0.25, 0.3) is 6.08 Å². The zero-order chi connectivity index (χ0) is 19.6. The lowest BCUT2D eigenvalue weighted by molar-refractivity contribution is -0.117. The predicted molar refractivity (Wildman–Crippen MR) is 107 cm³/mol. The van der Waals surface area contributed by atoms with Crippen LogP contribution in [0.1, 0.15) is 37.4 Å². The second-order valence-corrected chi connectivity index (χ2v) is 5.92. The standard InChI is InChI=1S/C22H27NO4/c1-5-19(17-9-11-18(25-3)12-10-17)23-22(24)14-8-16-7-13-20(27-6-2)21(15-16)26-4/h7-15,19H,5-6H2,1-4H3,(H,23,24)/b14-8+. The number of ether oxygens (including phenoxy) is 3. The largest absolute Gasteiger partial charge is 0.497 e. The predicted octanol–water partition coefficient (Wildman–Crippen LogP) is 4.38. The van der Waals surface area contributed by atoms with E-state index in [1.54, 1.807) is 20.3 Å². The van der Waals surface area contributed by atoms with Crippen LogP contribution in [0.3, 0.4) is 0 Å². The first-order valence-corrected chi connectivity index (χ1v) is 9.04. The molecule has 0 aliphatic carbocycles. The SMILES string of the molecule is CCOc1ccc(/C=C/C(=O)NC(CC)c2ccc(OC)cc2)cc1OC. The van der Waals surface area contributed by atoms with Gasteiger partial charge in [0.15, 0.2) is 11.5 Å². The van der Waals surface area contributed by atoms with Crippen LogP contribution in [0.2, 0.25) is 0 Å². The van der Waals surface area contributed by atoms with Gasteiger partial charge in [-0.2, -0.15) is 0 Å². The van der Waals surface area contributed by atoms with Crippen molar-refractivity contribution in [2.75, 3.05) is 20.8 Å². The number of rotatable bonds is 9. The summed E-state index contributed by atoms with van der Waals surface area (Å²) in [4.78, 5) is 12.3. The third kappa shape index (κ3) is 5.78. The van der Waals surface area contributed by atoms with E-state index in [-0.39, 0.29) is 11.9 Å². The minimum Gasteiger partial charge on any atom is -0.497 e. The van der Waals surface area contributed by atoms with E-state index in [0.717, 1.165) is 23.3 Å². The molecule has 0 aliphatic heterocycles. The van der Waals surface area contributed by atoms with E-state index in [1.807, 2.05) is 56.3 Å². The van der Waals surface area contributed by atoms with E-state index < -0.39 is 0 Å². The van der Waals surface area contributed by atoms with E-state index in [1.165, 1.54) is 6.08 Å². The van der Waals surface area contributed by atoms with Crippen molar-refractivity contribution in [3.05, 3.63) is 59.7 Å². The maximum Gasteiger partial charge on any atom is 0.244 e. The topological polar surface area (TPSA) is 56.8 Å². The molecule has 0 saturated carbocycles. The lowest BCUT2D eigenvalue weighted by Gasteiger charge is -2.16. The zero-order valence-electron chi connectivity index (χ0n) is 16.3. The van der Waals surface area contributed by atoms with Crippen molar-refractivity contribution in [1.29, 1.82) is 0 Å². The zero-order valence-corrected chi connectivity index (χ0v) is 16.3. The van der Waals surface area contributed by atoms with Gasteiger partial charge in [0, 0.05) is 6.08 Å². The Morgan fingerprint density at radius 2 is 1.78 bits per heavy atom. The fourth-order valence-electron chi connectivity index (χ4n) is 2.71. The normalized spacial score (nSPS) is 11.9. The fraction of sp³-hybridized carbons (Fsp3) is 0.318. The molecule has 5 nitrogen and oxygen atoms in total. The van der Waals surface area contributed by atoms with Gasteiger partial charge in [-0.15, -0.1) is 0 Å². The van der Waals surface area contributed by atoms with Crippen LogP contribution in [0.5, 0.6) is 17.2 Å². The molecule has 2 aromatic carbocycles. The Balaban J connectivity index is 2.04. The molecule has 0 fully saturated rings. The molecule has 2 aromatic rings. The highest BCUT2D eigenvalue weighted by molar-refractivity contribution is 5.92. The third-order valence-electron chi connectivity index (χ3n) is 4.16. The summed E-state index contributed by atoms with van der Waals surface area (Å²) >= 11 is 0. The number of methoxy groups -OCH3 is 2. The molecule has 0 radical (unpaired) electrons. The first-order valence-electron chi connectivity index (χ1n) is 9.04. The Hall–Kier alpha value is -2.95. The summed E-state index contributed by atoms with van der Waals surface area (Å²) in [5, 5.41) is 3.03. The Morgan fingerprint density at radius 3 is 2.37 bits per heavy atom. The summed E-state index contributed by atoms with van der Waals surface area (Å²) in [5.74, 6) is 1.98. The van der Waals surface area contributed by atoms with Crippen molar-refractivity contribution in [1.82, 2.24) is 5.32 Å². The molecule has 0 aliphatic rings. The van der Waals surface area contributed by atoms with Crippen molar-refractivity contribution in [2.45, 2.75) is 26.3 Å². The van der Waals surface area contributed by atoms with Crippen LogP contribution >= 0.6 is 0 Å². The van der Waals surface area contributed by atoms with Crippen molar-refractivity contribution in [3.63, 3.8) is 0 Å². The summed E-state index contributed by atoms with van der Waals surface area (Å²) in [6.45, 7) is 4.53. The van der Waals surface area contributed by atoms with E-state index in [2.05, 4.69) is 5.32 Å². The molecule has 0 heterocycles. The summed E-state index contributed by atoms with van der Waals surface area (Å²) in [6.07, 6.45) is 4.08. The lowest BCUT2D eigenvalue weighted by atomic mass is 10.0. The van der Waals surface area contributed by atoms with Crippen LogP contribution < -0.4 is 19.5 Å². The molecule has 1 atom stereocenters. The average molecular weight is 369 g/mol. The number of hydrogen-bond acceptors (Lipinski definition) is 4. The van der Waals surface area contributed by atoms with Crippen molar-refractivity contribution in [2.24, 2.45) is 0 Å². The van der Waals surface area contributed by atoms with E-state index in [0.29, 0.717) is 18.1 Å². The van der Waals surface area contributed by atoms with Gasteiger partial charge in [-0.25, -0.2) is 0 Å². The highest BCUT2D eigenvalue weighted by Crippen LogP contribution is 2.28. The summed E-state index contributed by atoms with van der Waals surface area (Å²) in [7, 11) is 3.23. The monoisotopic (exact) mass is 369 g/mol. The highest BCUT2D eigenvalue weighted by Gasteiger charge is 2.11. The lowest BCUT2D eigenvalue weighted by Crippen LogP contribution is -2.26. The van der Waals surface area contributed by atoms with Gasteiger partial charge in [-0.3, -0.25) is 4.79 Å². The third-order valence-corrected chi connectivity index (χ3v) is 4.16. The van der Waals surface area contributed by atoms with Gasteiger partial charge in [0.05, 0.1) is 26.9 Å². The molecule has 1 unspecified atom stereocenters. The number of benzene rings is 2. The second-order valence-electron chi connectivity index (χ2n) is 5.92. The van der Waals surface area contributed by atoms with Crippen LogP contribution in [0.4, 0.5) is 0 Å². The van der Waals surface area contributed by atoms with Gasteiger partial charge in [0.1, 0.15) is 5.75 Å². The summed E-state index contributed by atoms with van der Waals surface area (Å²) in [6, 6.07) is 13.2. The number of amides is 1. The minimum atomic E-state index is -0.148. The molecule has 0 spiro atoms. The maximum absolute atomic E-state index is 12.3. The van der Waals surface area contributed by atoms with Crippen LogP contribution in [0.15, 0.2) is 48.5 Å². The molecule has 0 saturated heterocycles. The molecule has 144 valence electrons. The van der Waals surface area contributed by atoms with Crippen molar-refractivity contribution < 1.29 is 19.0 Å². The molecule has 27 heavy (non-hydrogen) atoms. The molecular formula is C22H27NO4. The molecule has 0 bridgehead atoms. The first kappa shape index (κ1) is 20.4. The van der Waals surface area contributed by atoms with Crippen molar-refractivity contribution >= 4 is 12.0 Å². The van der Waals surface area contributed by atoms with Gasteiger partial charge in [0.25, 0.3) is 0 Å². The van der Waals surface area contributed by atoms with Gasteiger partial charge < -0.3 is 19.5 Å². The van der Waals surface area contributed by atoms with Gasteiger partial charge in [0.2, 0.25) is 5.91 Å². The smallest absolute Gasteiger partial charge is 0.244 e. The summed E-state index contributed by atoms with van der Waals surface area (Å²) in [5.41, 5.74) is 1.91. The number of nitrogens with one attached hydrogen (secondary N) is 1. The van der Waals surface area contributed by atoms with E-state index in [4.69, 9.17) is 14.2 Å². The van der Waals surface area contributed by atoms with Crippen molar-refractivity contribution in [3.8, 4) is 17.2 Å². The number of carbonyl (C=O) groups is 1. The molecule has 1 N–H and O–H groups in total. The van der Waals surface area contributed by atoms with Crippen LogP contribution in [-0.2, 0) is 4.79 Å². The molecule has 1 amide bonds. The minimum absolute atomic E-state index is 0.0528. The van der Waals surface area contributed by atoms with Gasteiger partial charge in [-0.05, 0) is 54.8 Å². The highest BCUT2D eigenvalue weighted by atomic mass is 16.5. The Morgan fingerprint density at radius 1 is 1.04 bits per heavy atom. The van der Waals surface area contributed by atoms with E-state index in [9.17, 15) is 4.79 Å². The Labute approximate surface area is 161 Å². The van der Waals surface area contributed by atoms with Gasteiger partial charge >= 0.3 is 0 Å². The quantitative estimate of drug-likeness (QED) is 0.666. The van der Waals surface area contributed by atoms with Gasteiger partial charge in [-0.1, -0.05) is 25.1 Å². The Kier molecular flexibility index (Phi) is 7.74. The second kappa shape index (κ2) is 10.3.